The first-order chi connectivity index (χ1) is 11.0. The second-order valence-electron chi connectivity index (χ2n) is 6.36. The molecule has 4 rings (SSSR count). The highest BCUT2D eigenvalue weighted by Gasteiger charge is 2.16. The van der Waals surface area contributed by atoms with Gasteiger partial charge in [-0.3, -0.25) is 0 Å². The molecule has 3 heteroatoms. The van der Waals surface area contributed by atoms with Crippen LogP contribution in [-0.4, -0.2) is 4.98 Å². The van der Waals surface area contributed by atoms with Crippen molar-refractivity contribution < 1.29 is 4.42 Å². The van der Waals surface area contributed by atoms with E-state index in [2.05, 4.69) is 58.9 Å². The van der Waals surface area contributed by atoms with Gasteiger partial charge in [0.15, 0.2) is 10.8 Å². The average molecular weight is 321 g/mol. The number of aromatic nitrogens is 1. The van der Waals surface area contributed by atoms with Crippen molar-refractivity contribution in [2.75, 3.05) is 0 Å². The summed E-state index contributed by atoms with van der Waals surface area (Å²) in [7, 11) is 0. The Balaban J connectivity index is 1.98. The fraction of sp³-hybridized carbons (Fsp3) is 0.250. The molecule has 2 heterocycles. The third kappa shape index (κ3) is 2.11. The highest BCUT2D eigenvalue weighted by Crippen LogP contribution is 2.37. The SMILES string of the molecule is Cc1cc2oc(-c3nc4c(C)ccc(C)c4s3)cc2c(C)c1C. The van der Waals surface area contributed by atoms with Crippen molar-refractivity contribution in [1.29, 1.82) is 0 Å². The van der Waals surface area contributed by atoms with Crippen molar-refractivity contribution >= 4 is 32.5 Å². The van der Waals surface area contributed by atoms with Crippen LogP contribution in [0.1, 0.15) is 27.8 Å². The predicted octanol–water partition coefficient (Wildman–Crippen LogP) is 6.25. The van der Waals surface area contributed by atoms with E-state index in [1.165, 1.54) is 37.9 Å². The Morgan fingerprint density at radius 1 is 0.870 bits per heavy atom. The Kier molecular flexibility index (Phi) is 3.10. The van der Waals surface area contributed by atoms with E-state index in [1.54, 1.807) is 11.3 Å². The summed E-state index contributed by atoms with van der Waals surface area (Å²) in [4.78, 5) is 4.84. The lowest BCUT2D eigenvalue weighted by molar-refractivity contribution is 0.630. The first-order valence-electron chi connectivity index (χ1n) is 7.83. The molecule has 2 nitrogen and oxygen atoms in total. The maximum atomic E-state index is 6.13. The molecule has 0 atom stereocenters. The second kappa shape index (κ2) is 4.93. The maximum Gasteiger partial charge on any atom is 0.164 e. The van der Waals surface area contributed by atoms with Gasteiger partial charge >= 0.3 is 0 Å². The van der Waals surface area contributed by atoms with Crippen molar-refractivity contribution in [2.45, 2.75) is 34.6 Å². The van der Waals surface area contributed by atoms with Gasteiger partial charge in [-0.1, -0.05) is 12.1 Å². The molecule has 0 fully saturated rings. The number of hydrogen-bond donors (Lipinski definition) is 0. The zero-order valence-electron chi connectivity index (χ0n) is 14.1. The Hall–Kier alpha value is -2.13. The number of fused-ring (bicyclic) bond motifs is 2. The summed E-state index contributed by atoms with van der Waals surface area (Å²) in [6.45, 7) is 10.7. The number of furan rings is 1. The Labute approximate surface area is 139 Å². The predicted molar refractivity (Wildman–Crippen MR) is 98.5 cm³/mol. The van der Waals surface area contributed by atoms with E-state index in [0.29, 0.717) is 0 Å². The molecule has 4 aromatic rings. The number of aryl methyl sites for hydroxylation is 4. The minimum Gasteiger partial charge on any atom is -0.454 e. The lowest BCUT2D eigenvalue weighted by Gasteiger charge is -2.04. The summed E-state index contributed by atoms with van der Waals surface area (Å²) in [5.41, 5.74) is 8.43. The van der Waals surface area contributed by atoms with Gasteiger partial charge in [-0.05, 0) is 74.6 Å². The summed E-state index contributed by atoms with van der Waals surface area (Å²) in [5, 5.41) is 2.15. The zero-order chi connectivity index (χ0) is 16.3. The monoisotopic (exact) mass is 321 g/mol. The van der Waals surface area contributed by atoms with Crippen LogP contribution in [0.3, 0.4) is 0 Å². The van der Waals surface area contributed by atoms with Crippen molar-refractivity contribution in [2.24, 2.45) is 0 Å². The molecule has 0 aliphatic carbocycles. The van der Waals surface area contributed by atoms with Gasteiger partial charge in [0.2, 0.25) is 0 Å². The zero-order valence-corrected chi connectivity index (χ0v) is 14.9. The van der Waals surface area contributed by atoms with Crippen molar-refractivity contribution in [3.05, 3.63) is 52.1 Å². The van der Waals surface area contributed by atoms with Gasteiger partial charge in [-0.25, -0.2) is 4.98 Å². The van der Waals surface area contributed by atoms with Crippen molar-refractivity contribution in [3.63, 3.8) is 0 Å². The van der Waals surface area contributed by atoms with Crippen LogP contribution in [0.4, 0.5) is 0 Å². The van der Waals surface area contributed by atoms with Crippen LogP contribution in [0.5, 0.6) is 0 Å². The summed E-state index contributed by atoms with van der Waals surface area (Å²) in [6.07, 6.45) is 0. The van der Waals surface area contributed by atoms with Crippen molar-refractivity contribution in [3.8, 4) is 10.8 Å². The summed E-state index contributed by atoms with van der Waals surface area (Å²) < 4.78 is 7.38. The molecule has 2 aromatic carbocycles. The van der Waals surface area contributed by atoms with Crippen LogP contribution in [0.2, 0.25) is 0 Å². The van der Waals surface area contributed by atoms with Crippen molar-refractivity contribution in [1.82, 2.24) is 4.98 Å². The van der Waals surface area contributed by atoms with Gasteiger partial charge in [-0.15, -0.1) is 11.3 Å². The fourth-order valence-corrected chi connectivity index (χ4v) is 4.14. The first-order valence-corrected chi connectivity index (χ1v) is 8.65. The molecule has 0 N–H and O–H groups in total. The van der Waals surface area contributed by atoms with Crippen LogP contribution < -0.4 is 0 Å². The molecule has 116 valence electrons. The molecule has 0 amide bonds. The molecule has 0 radical (unpaired) electrons. The van der Waals surface area contributed by atoms with Gasteiger partial charge in [0, 0.05) is 5.39 Å². The molecule has 0 bridgehead atoms. The Morgan fingerprint density at radius 2 is 1.61 bits per heavy atom. The van der Waals surface area contributed by atoms with E-state index in [1.807, 2.05) is 0 Å². The average Bonchev–Trinajstić information content (AvgIpc) is 3.13. The molecule has 0 unspecified atom stereocenters. The molecule has 23 heavy (non-hydrogen) atoms. The van der Waals surface area contributed by atoms with E-state index in [-0.39, 0.29) is 0 Å². The summed E-state index contributed by atoms with van der Waals surface area (Å²) >= 11 is 1.72. The lowest BCUT2D eigenvalue weighted by Crippen LogP contribution is -1.85. The van der Waals surface area contributed by atoms with Crippen LogP contribution in [0.25, 0.3) is 32.0 Å². The van der Waals surface area contributed by atoms with E-state index in [4.69, 9.17) is 9.40 Å². The van der Waals surface area contributed by atoms with Gasteiger partial charge < -0.3 is 4.42 Å². The maximum absolute atomic E-state index is 6.13. The second-order valence-corrected chi connectivity index (χ2v) is 7.36. The van der Waals surface area contributed by atoms with Crippen LogP contribution >= 0.6 is 11.3 Å². The molecule has 0 spiro atoms. The molecule has 0 saturated heterocycles. The van der Waals surface area contributed by atoms with Crippen LogP contribution in [0.15, 0.2) is 28.7 Å². The Morgan fingerprint density at radius 3 is 2.35 bits per heavy atom. The van der Waals surface area contributed by atoms with E-state index >= 15 is 0 Å². The largest absolute Gasteiger partial charge is 0.454 e. The highest BCUT2D eigenvalue weighted by atomic mass is 32.1. The molecular weight excluding hydrogens is 302 g/mol. The minimum absolute atomic E-state index is 0.869. The number of nitrogens with zero attached hydrogens (tertiary/aromatic N) is 1. The lowest BCUT2D eigenvalue weighted by atomic mass is 10.0. The number of thiazole rings is 1. The van der Waals surface area contributed by atoms with Gasteiger partial charge in [-0.2, -0.15) is 0 Å². The third-order valence-electron chi connectivity index (χ3n) is 4.82. The minimum atomic E-state index is 0.869. The van der Waals surface area contributed by atoms with Crippen LogP contribution in [0, 0.1) is 34.6 Å². The van der Waals surface area contributed by atoms with Gasteiger partial charge in [0.25, 0.3) is 0 Å². The highest BCUT2D eigenvalue weighted by molar-refractivity contribution is 7.21. The van der Waals surface area contributed by atoms with Crippen LogP contribution in [-0.2, 0) is 0 Å². The van der Waals surface area contributed by atoms with E-state index in [9.17, 15) is 0 Å². The summed E-state index contributed by atoms with van der Waals surface area (Å²) in [6, 6.07) is 8.57. The standard InChI is InChI=1S/C20H19NOS/c1-10-6-7-11(2)19-18(10)21-20(23-19)17-9-15-14(5)13(4)12(3)8-16(15)22-17/h6-9H,1-5H3. The fourth-order valence-electron chi connectivity index (χ4n) is 3.08. The van der Waals surface area contributed by atoms with E-state index in [0.717, 1.165) is 21.9 Å². The molecule has 0 aliphatic heterocycles. The molecule has 0 aliphatic rings. The van der Waals surface area contributed by atoms with Gasteiger partial charge in [0.1, 0.15) is 5.58 Å². The Bertz CT molecular complexity index is 1030. The molecular formula is C20H19NOS. The van der Waals surface area contributed by atoms with Gasteiger partial charge in [0.05, 0.1) is 10.2 Å². The number of rotatable bonds is 1. The topological polar surface area (TPSA) is 26.0 Å². The van der Waals surface area contributed by atoms with E-state index < -0.39 is 0 Å². The number of hydrogen-bond acceptors (Lipinski definition) is 3. The number of benzene rings is 2. The first kappa shape index (κ1) is 14.5. The molecule has 2 aromatic heterocycles. The smallest absolute Gasteiger partial charge is 0.164 e. The summed E-state index contributed by atoms with van der Waals surface area (Å²) in [5.74, 6) is 0.869. The quantitative estimate of drug-likeness (QED) is 0.414. The third-order valence-corrected chi connectivity index (χ3v) is 6.02. The molecule has 0 saturated carbocycles. The normalized spacial score (nSPS) is 11.7.